The van der Waals surface area contributed by atoms with E-state index in [0.717, 1.165) is 11.4 Å². The van der Waals surface area contributed by atoms with Gasteiger partial charge in [0.15, 0.2) is 0 Å². The second kappa shape index (κ2) is 6.91. The first-order valence-electron chi connectivity index (χ1n) is 5.88. The molecule has 0 heterocycles. The number of hydrogen-bond donors (Lipinski definition) is 2. The van der Waals surface area contributed by atoms with Gasteiger partial charge in [0, 0.05) is 18.2 Å². The van der Waals surface area contributed by atoms with Gasteiger partial charge in [-0.25, -0.2) is 0 Å². The van der Waals surface area contributed by atoms with Gasteiger partial charge in [-0.15, -0.1) is 0 Å². The van der Waals surface area contributed by atoms with Crippen LogP contribution >= 0.6 is 0 Å². The lowest BCUT2D eigenvalue weighted by Crippen LogP contribution is -2.13. The predicted octanol–water partition coefficient (Wildman–Crippen LogP) is 2.15. The monoisotopic (exact) mass is 236 g/mol. The quantitative estimate of drug-likeness (QED) is 0.795. The molecule has 0 radical (unpaired) electrons. The van der Waals surface area contributed by atoms with Gasteiger partial charge in [0.2, 0.25) is 5.91 Å². The first-order valence-corrected chi connectivity index (χ1v) is 5.88. The summed E-state index contributed by atoms with van der Waals surface area (Å²) in [5, 5.41) is 2.82. The summed E-state index contributed by atoms with van der Waals surface area (Å²) in [7, 11) is 0. The molecule has 0 aliphatic carbocycles. The van der Waals surface area contributed by atoms with Crippen molar-refractivity contribution in [2.45, 2.75) is 32.8 Å². The maximum atomic E-state index is 11.5. The molecule has 4 heteroatoms. The van der Waals surface area contributed by atoms with Crippen molar-refractivity contribution < 1.29 is 9.53 Å². The Morgan fingerprint density at radius 1 is 1.47 bits per heavy atom. The normalized spacial score (nSPS) is 10.4. The zero-order valence-corrected chi connectivity index (χ0v) is 10.4. The van der Waals surface area contributed by atoms with Crippen LogP contribution in [-0.2, 0) is 4.79 Å². The fraction of sp³-hybridized carbons (Fsp3) is 0.462. The van der Waals surface area contributed by atoms with Crippen LogP contribution in [0, 0.1) is 0 Å². The minimum Gasteiger partial charge on any atom is -0.491 e. The van der Waals surface area contributed by atoms with Crippen LogP contribution in [0.1, 0.15) is 26.7 Å². The van der Waals surface area contributed by atoms with Gasteiger partial charge < -0.3 is 15.8 Å². The highest BCUT2D eigenvalue weighted by atomic mass is 16.5. The van der Waals surface area contributed by atoms with E-state index >= 15 is 0 Å². The highest BCUT2D eigenvalue weighted by Crippen LogP contribution is 2.18. The first-order chi connectivity index (χ1) is 8.11. The van der Waals surface area contributed by atoms with E-state index in [1.807, 2.05) is 38.1 Å². The molecule has 1 aromatic rings. The smallest absolute Gasteiger partial charge is 0.224 e. The molecule has 1 aromatic carbocycles. The summed E-state index contributed by atoms with van der Waals surface area (Å²) < 4.78 is 5.55. The first kappa shape index (κ1) is 13.5. The van der Waals surface area contributed by atoms with Crippen LogP contribution in [0.5, 0.6) is 5.75 Å². The molecule has 0 fully saturated rings. The van der Waals surface area contributed by atoms with Crippen molar-refractivity contribution in [3.8, 4) is 5.75 Å². The van der Waals surface area contributed by atoms with Crippen molar-refractivity contribution in [2.75, 3.05) is 11.9 Å². The Hall–Kier alpha value is -1.55. The largest absolute Gasteiger partial charge is 0.491 e. The number of nitrogens with two attached hydrogens (primary N) is 1. The third-order valence-electron chi connectivity index (χ3n) is 2.10. The molecule has 0 atom stereocenters. The molecular formula is C13H20N2O2. The summed E-state index contributed by atoms with van der Waals surface area (Å²) >= 11 is 0. The minimum atomic E-state index is -0.0165. The van der Waals surface area contributed by atoms with Gasteiger partial charge in [-0.1, -0.05) is 6.07 Å². The molecular weight excluding hydrogens is 216 g/mol. The van der Waals surface area contributed by atoms with Crippen molar-refractivity contribution >= 4 is 11.6 Å². The summed E-state index contributed by atoms with van der Waals surface area (Å²) in [6.45, 7) is 4.46. The number of ether oxygens (including phenoxy) is 1. The number of anilines is 1. The SMILES string of the molecule is CC(C)Oc1cccc(NC(=O)CCCN)c1. The van der Waals surface area contributed by atoms with Crippen LogP contribution in [-0.4, -0.2) is 18.6 Å². The highest BCUT2D eigenvalue weighted by molar-refractivity contribution is 5.90. The van der Waals surface area contributed by atoms with Crippen LogP contribution in [0.4, 0.5) is 5.69 Å². The number of hydrogen-bond acceptors (Lipinski definition) is 3. The molecule has 0 saturated carbocycles. The van der Waals surface area contributed by atoms with Gasteiger partial charge in [-0.05, 0) is 38.9 Å². The third-order valence-corrected chi connectivity index (χ3v) is 2.10. The zero-order chi connectivity index (χ0) is 12.7. The summed E-state index contributed by atoms with van der Waals surface area (Å²) in [6.07, 6.45) is 1.28. The Kier molecular flexibility index (Phi) is 5.49. The van der Waals surface area contributed by atoms with Gasteiger partial charge in [-0.3, -0.25) is 4.79 Å². The summed E-state index contributed by atoms with van der Waals surface area (Å²) in [4.78, 5) is 11.5. The lowest BCUT2D eigenvalue weighted by Gasteiger charge is -2.11. The van der Waals surface area contributed by atoms with Crippen LogP contribution in [0.15, 0.2) is 24.3 Å². The Morgan fingerprint density at radius 2 is 2.24 bits per heavy atom. The van der Waals surface area contributed by atoms with Gasteiger partial charge in [-0.2, -0.15) is 0 Å². The van der Waals surface area contributed by atoms with E-state index in [-0.39, 0.29) is 12.0 Å². The van der Waals surface area contributed by atoms with Gasteiger partial charge in [0.25, 0.3) is 0 Å². The Balaban J connectivity index is 2.56. The van der Waals surface area contributed by atoms with Gasteiger partial charge >= 0.3 is 0 Å². The van der Waals surface area contributed by atoms with E-state index < -0.39 is 0 Å². The highest BCUT2D eigenvalue weighted by Gasteiger charge is 2.03. The summed E-state index contributed by atoms with van der Waals surface area (Å²) in [5.41, 5.74) is 6.10. The fourth-order valence-corrected chi connectivity index (χ4v) is 1.41. The van der Waals surface area contributed by atoms with Crippen molar-refractivity contribution in [1.82, 2.24) is 0 Å². The molecule has 3 N–H and O–H groups in total. The lowest BCUT2D eigenvalue weighted by molar-refractivity contribution is -0.116. The van der Waals surface area contributed by atoms with Gasteiger partial charge in [0.1, 0.15) is 5.75 Å². The van der Waals surface area contributed by atoms with Crippen molar-refractivity contribution in [3.63, 3.8) is 0 Å². The molecule has 94 valence electrons. The number of amides is 1. The van der Waals surface area contributed by atoms with E-state index in [4.69, 9.17) is 10.5 Å². The van der Waals surface area contributed by atoms with E-state index in [2.05, 4.69) is 5.32 Å². The van der Waals surface area contributed by atoms with E-state index in [1.165, 1.54) is 0 Å². The maximum absolute atomic E-state index is 11.5. The predicted molar refractivity (Wildman–Crippen MR) is 69.1 cm³/mol. The second-order valence-electron chi connectivity index (χ2n) is 4.13. The number of carbonyl (C=O) groups is 1. The Labute approximate surface area is 102 Å². The van der Waals surface area contributed by atoms with Crippen molar-refractivity contribution in [3.05, 3.63) is 24.3 Å². The second-order valence-corrected chi connectivity index (χ2v) is 4.13. The van der Waals surface area contributed by atoms with Crippen LogP contribution in [0.3, 0.4) is 0 Å². The molecule has 0 spiro atoms. The molecule has 1 amide bonds. The molecule has 0 bridgehead atoms. The zero-order valence-electron chi connectivity index (χ0n) is 10.4. The van der Waals surface area contributed by atoms with Crippen LogP contribution < -0.4 is 15.8 Å². The Morgan fingerprint density at radius 3 is 2.88 bits per heavy atom. The van der Waals surface area contributed by atoms with E-state index in [0.29, 0.717) is 19.4 Å². The number of nitrogens with one attached hydrogen (secondary N) is 1. The Bertz CT molecular complexity index is 364. The average molecular weight is 236 g/mol. The molecule has 4 nitrogen and oxygen atoms in total. The molecule has 0 unspecified atom stereocenters. The van der Waals surface area contributed by atoms with E-state index in [1.54, 1.807) is 0 Å². The summed E-state index contributed by atoms with van der Waals surface area (Å²) in [6, 6.07) is 7.39. The topological polar surface area (TPSA) is 64.3 Å². The number of benzene rings is 1. The van der Waals surface area contributed by atoms with Crippen LogP contribution in [0.2, 0.25) is 0 Å². The molecule has 0 aromatic heterocycles. The fourth-order valence-electron chi connectivity index (χ4n) is 1.41. The average Bonchev–Trinajstić information content (AvgIpc) is 2.26. The van der Waals surface area contributed by atoms with Crippen LogP contribution in [0.25, 0.3) is 0 Å². The number of rotatable bonds is 6. The van der Waals surface area contributed by atoms with Crippen molar-refractivity contribution in [2.24, 2.45) is 5.73 Å². The molecule has 17 heavy (non-hydrogen) atoms. The molecule has 0 saturated heterocycles. The molecule has 0 aliphatic rings. The number of carbonyl (C=O) groups excluding carboxylic acids is 1. The minimum absolute atomic E-state index is 0.0165. The molecule has 1 rings (SSSR count). The maximum Gasteiger partial charge on any atom is 0.224 e. The molecule has 0 aliphatic heterocycles. The van der Waals surface area contributed by atoms with Crippen molar-refractivity contribution in [1.29, 1.82) is 0 Å². The van der Waals surface area contributed by atoms with Gasteiger partial charge in [0.05, 0.1) is 6.10 Å². The lowest BCUT2D eigenvalue weighted by atomic mass is 10.2. The standard InChI is InChI=1S/C13H20N2O2/c1-10(2)17-12-6-3-5-11(9-12)15-13(16)7-4-8-14/h3,5-6,9-10H,4,7-8,14H2,1-2H3,(H,15,16). The summed E-state index contributed by atoms with van der Waals surface area (Å²) in [5.74, 6) is 0.744. The third kappa shape index (κ3) is 5.36. The van der Waals surface area contributed by atoms with E-state index in [9.17, 15) is 4.79 Å².